The van der Waals surface area contributed by atoms with Crippen molar-refractivity contribution in [3.63, 3.8) is 0 Å². The predicted octanol–water partition coefficient (Wildman–Crippen LogP) is 3.66. The molecule has 0 spiro atoms. The Balaban J connectivity index is 1.62. The van der Waals surface area contributed by atoms with Gasteiger partial charge in [0.2, 0.25) is 0 Å². The van der Waals surface area contributed by atoms with E-state index in [1.165, 1.54) is 48.7 Å². The Labute approximate surface area is 128 Å². The summed E-state index contributed by atoms with van der Waals surface area (Å²) in [7, 11) is 2.05. The maximum Gasteiger partial charge on any atom is 0.0239 e. The van der Waals surface area contributed by atoms with Gasteiger partial charge < -0.3 is 5.32 Å². The third kappa shape index (κ3) is 3.63. The van der Waals surface area contributed by atoms with E-state index in [-0.39, 0.29) is 0 Å². The van der Waals surface area contributed by atoms with Crippen molar-refractivity contribution in [2.24, 2.45) is 5.92 Å². The lowest BCUT2D eigenvalue weighted by atomic mass is 9.93. The van der Waals surface area contributed by atoms with E-state index in [1.807, 2.05) is 0 Å². The molecular weight excluding hydrogens is 256 g/mol. The molecule has 0 amide bonds. The Kier molecular flexibility index (Phi) is 4.89. The van der Waals surface area contributed by atoms with Crippen molar-refractivity contribution in [3.05, 3.63) is 48.0 Å². The summed E-state index contributed by atoms with van der Waals surface area (Å²) in [5, 5.41) is 6.05. The van der Waals surface area contributed by atoms with E-state index in [4.69, 9.17) is 0 Å². The highest BCUT2D eigenvalue weighted by molar-refractivity contribution is 5.85. The fourth-order valence-electron chi connectivity index (χ4n) is 3.45. The number of hydrogen-bond acceptors (Lipinski definition) is 2. The first-order chi connectivity index (χ1) is 10.4. The van der Waals surface area contributed by atoms with Gasteiger partial charge in [0.05, 0.1) is 0 Å². The van der Waals surface area contributed by atoms with Crippen molar-refractivity contribution >= 4 is 10.8 Å². The standard InChI is InChI=1S/C19H26N2/c1-20-12-9-16-10-13-21(14-11-16)15-18-7-4-6-17-5-2-3-8-19(17)18/h2-8,16,20H,9-15H2,1H3. The minimum Gasteiger partial charge on any atom is -0.320 e. The van der Waals surface area contributed by atoms with Crippen LogP contribution in [0, 0.1) is 5.92 Å². The van der Waals surface area contributed by atoms with Gasteiger partial charge in [-0.3, -0.25) is 4.90 Å². The second kappa shape index (κ2) is 7.06. The van der Waals surface area contributed by atoms with Crippen LogP contribution in [-0.4, -0.2) is 31.6 Å². The molecular formula is C19H26N2. The van der Waals surface area contributed by atoms with Crippen molar-refractivity contribution in [1.29, 1.82) is 0 Å². The molecule has 3 rings (SSSR count). The number of piperidine rings is 1. The fraction of sp³-hybridized carbons (Fsp3) is 0.474. The summed E-state index contributed by atoms with van der Waals surface area (Å²) in [5.41, 5.74) is 1.47. The van der Waals surface area contributed by atoms with Gasteiger partial charge in [-0.2, -0.15) is 0 Å². The molecule has 0 atom stereocenters. The van der Waals surface area contributed by atoms with Gasteiger partial charge in [0, 0.05) is 6.54 Å². The van der Waals surface area contributed by atoms with E-state index in [0.29, 0.717) is 0 Å². The second-order valence-corrected chi connectivity index (χ2v) is 6.25. The monoisotopic (exact) mass is 282 g/mol. The normalized spacial score (nSPS) is 17.4. The molecule has 0 aliphatic carbocycles. The van der Waals surface area contributed by atoms with Gasteiger partial charge in [-0.05, 0) is 68.2 Å². The van der Waals surface area contributed by atoms with Crippen molar-refractivity contribution < 1.29 is 0 Å². The van der Waals surface area contributed by atoms with E-state index in [1.54, 1.807) is 0 Å². The van der Waals surface area contributed by atoms with Crippen LogP contribution in [0.1, 0.15) is 24.8 Å². The topological polar surface area (TPSA) is 15.3 Å². The second-order valence-electron chi connectivity index (χ2n) is 6.25. The number of nitrogens with one attached hydrogen (secondary N) is 1. The van der Waals surface area contributed by atoms with Crippen LogP contribution in [0.4, 0.5) is 0 Å². The maximum absolute atomic E-state index is 3.27. The Morgan fingerprint density at radius 2 is 1.81 bits per heavy atom. The van der Waals surface area contributed by atoms with Crippen LogP contribution >= 0.6 is 0 Å². The van der Waals surface area contributed by atoms with Crippen LogP contribution in [0.15, 0.2) is 42.5 Å². The molecule has 21 heavy (non-hydrogen) atoms. The summed E-state index contributed by atoms with van der Waals surface area (Å²) in [4.78, 5) is 2.62. The van der Waals surface area contributed by atoms with Crippen molar-refractivity contribution in [2.75, 3.05) is 26.7 Å². The quantitative estimate of drug-likeness (QED) is 0.900. The molecule has 1 fully saturated rings. The van der Waals surface area contributed by atoms with Crippen LogP contribution in [-0.2, 0) is 6.54 Å². The molecule has 1 heterocycles. The fourth-order valence-corrected chi connectivity index (χ4v) is 3.45. The number of likely N-dealkylation sites (tertiary alicyclic amines) is 1. The molecule has 1 saturated heterocycles. The van der Waals surface area contributed by atoms with Gasteiger partial charge in [0.25, 0.3) is 0 Å². The highest BCUT2D eigenvalue weighted by atomic mass is 15.1. The van der Waals surface area contributed by atoms with Gasteiger partial charge in [0.1, 0.15) is 0 Å². The molecule has 0 bridgehead atoms. The van der Waals surface area contributed by atoms with Crippen LogP contribution in [0.25, 0.3) is 10.8 Å². The smallest absolute Gasteiger partial charge is 0.0239 e. The first kappa shape index (κ1) is 14.6. The summed E-state index contributed by atoms with van der Waals surface area (Å²) < 4.78 is 0. The van der Waals surface area contributed by atoms with Crippen molar-refractivity contribution in [3.8, 4) is 0 Å². The zero-order valence-electron chi connectivity index (χ0n) is 13.0. The summed E-state index contributed by atoms with van der Waals surface area (Å²) in [5.74, 6) is 0.918. The maximum atomic E-state index is 3.27. The minimum absolute atomic E-state index is 0.918. The molecule has 0 unspecified atom stereocenters. The zero-order chi connectivity index (χ0) is 14.5. The molecule has 1 aliphatic rings. The summed E-state index contributed by atoms with van der Waals surface area (Å²) in [6, 6.07) is 15.4. The van der Waals surface area contributed by atoms with Gasteiger partial charge in [-0.15, -0.1) is 0 Å². The van der Waals surface area contributed by atoms with Gasteiger partial charge in [-0.25, -0.2) is 0 Å². The van der Waals surface area contributed by atoms with Crippen molar-refractivity contribution in [2.45, 2.75) is 25.8 Å². The minimum atomic E-state index is 0.918. The molecule has 0 saturated carbocycles. The average molecular weight is 282 g/mol. The van der Waals surface area contributed by atoms with E-state index in [0.717, 1.165) is 19.0 Å². The molecule has 1 aliphatic heterocycles. The Morgan fingerprint density at radius 1 is 1.05 bits per heavy atom. The van der Waals surface area contributed by atoms with E-state index in [9.17, 15) is 0 Å². The molecule has 112 valence electrons. The molecule has 2 aromatic carbocycles. The molecule has 2 aromatic rings. The van der Waals surface area contributed by atoms with E-state index >= 15 is 0 Å². The van der Waals surface area contributed by atoms with Crippen LogP contribution in [0.3, 0.4) is 0 Å². The van der Waals surface area contributed by atoms with Gasteiger partial charge >= 0.3 is 0 Å². The summed E-state index contributed by atoms with van der Waals surface area (Å²) in [6.07, 6.45) is 4.04. The van der Waals surface area contributed by atoms with Gasteiger partial charge in [0.15, 0.2) is 0 Å². The Morgan fingerprint density at radius 3 is 2.62 bits per heavy atom. The summed E-state index contributed by atoms with van der Waals surface area (Å²) >= 11 is 0. The largest absolute Gasteiger partial charge is 0.320 e. The van der Waals surface area contributed by atoms with Crippen LogP contribution in [0.2, 0.25) is 0 Å². The van der Waals surface area contributed by atoms with E-state index in [2.05, 4.69) is 59.7 Å². The number of nitrogens with zero attached hydrogens (tertiary/aromatic N) is 1. The first-order valence-electron chi connectivity index (χ1n) is 8.20. The number of benzene rings is 2. The lowest BCUT2D eigenvalue weighted by Crippen LogP contribution is -2.34. The predicted molar refractivity (Wildman–Crippen MR) is 90.5 cm³/mol. The number of fused-ring (bicyclic) bond motifs is 1. The average Bonchev–Trinajstić information content (AvgIpc) is 2.55. The third-order valence-corrected chi connectivity index (χ3v) is 4.78. The Bertz CT molecular complexity index is 565. The van der Waals surface area contributed by atoms with Crippen LogP contribution < -0.4 is 5.32 Å². The lowest BCUT2D eigenvalue weighted by molar-refractivity contribution is 0.173. The number of hydrogen-bond donors (Lipinski definition) is 1. The molecule has 2 heteroatoms. The third-order valence-electron chi connectivity index (χ3n) is 4.78. The summed E-state index contributed by atoms with van der Waals surface area (Å²) in [6.45, 7) is 4.75. The highest BCUT2D eigenvalue weighted by Crippen LogP contribution is 2.24. The van der Waals surface area contributed by atoms with Crippen LogP contribution in [0.5, 0.6) is 0 Å². The first-order valence-corrected chi connectivity index (χ1v) is 8.20. The molecule has 1 N–H and O–H groups in total. The van der Waals surface area contributed by atoms with E-state index < -0.39 is 0 Å². The SMILES string of the molecule is CNCCC1CCN(Cc2cccc3ccccc23)CC1. The highest BCUT2D eigenvalue weighted by Gasteiger charge is 2.19. The van der Waals surface area contributed by atoms with Crippen molar-refractivity contribution in [1.82, 2.24) is 10.2 Å². The zero-order valence-corrected chi connectivity index (χ0v) is 13.0. The lowest BCUT2D eigenvalue weighted by Gasteiger charge is -2.32. The molecule has 0 radical (unpaired) electrons. The Hall–Kier alpha value is -1.38. The van der Waals surface area contributed by atoms with Gasteiger partial charge in [-0.1, -0.05) is 42.5 Å². The number of rotatable bonds is 5. The molecule has 2 nitrogen and oxygen atoms in total. The molecule has 0 aromatic heterocycles.